The number of aliphatic hydroxyl groups excluding tert-OH is 1. The first-order valence-electron chi connectivity index (χ1n) is 7.25. The Labute approximate surface area is 137 Å². The van der Waals surface area contributed by atoms with Gasteiger partial charge in [-0.1, -0.05) is 38.2 Å². The third-order valence-corrected chi connectivity index (χ3v) is 5.25. The SMILES string of the molecule is CC(C)(C)c1cn2nc(NC(CCO)c3cccs3)sc2n1. The van der Waals surface area contributed by atoms with Crippen LogP contribution in [0, 0.1) is 0 Å². The Hall–Kier alpha value is -1.44. The molecule has 0 radical (unpaired) electrons. The molecule has 0 aliphatic carbocycles. The highest BCUT2D eigenvalue weighted by molar-refractivity contribution is 7.20. The zero-order valence-corrected chi connectivity index (χ0v) is 14.5. The summed E-state index contributed by atoms with van der Waals surface area (Å²) in [6.07, 6.45) is 2.65. The molecule has 22 heavy (non-hydrogen) atoms. The molecule has 3 aromatic heterocycles. The predicted molar refractivity (Wildman–Crippen MR) is 91.9 cm³/mol. The van der Waals surface area contributed by atoms with Gasteiger partial charge in [-0.25, -0.2) is 9.50 Å². The van der Waals surface area contributed by atoms with E-state index in [1.165, 1.54) is 16.2 Å². The maximum Gasteiger partial charge on any atom is 0.214 e. The van der Waals surface area contributed by atoms with Crippen LogP contribution >= 0.6 is 22.7 Å². The fourth-order valence-electron chi connectivity index (χ4n) is 2.17. The Kier molecular flexibility index (Phi) is 4.20. The fraction of sp³-hybridized carbons (Fsp3) is 0.467. The van der Waals surface area contributed by atoms with Crippen molar-refractivity contribution in [3.63, 3.8) is 0 Å². The van der Waals surface area contributed by atoms with Gasteiger partial charge in [0.25, 0.3) is 0 Å². The second-order valence-electron chi connectivity index (χ2n) is 6.24. The van der Waals surface area contributed by atoms with Crippen molar-refractivity contribution in [1.82, 2.24) is 14.6 Å². The van der Waals surface area contributed by atoms with Gasteiger partial charge < -0.3 is 10.4 Å². The van der Waals surface area contributed by atoms with Crippen LogP contribution in [0.5, 0.6) is 0 Å². The minimum absolute atomic E-state index is 0.0252. The van der Waals surface area contributed by atoms with Crippen molar-refractivity contribution in [2.75, 3.05) is 11.9 Å². The molecule has 0 aliphatic rings. The van der Waals surface area contributed by atoms with Crippen molar-refractivity contribution < 1.29 is 5.11 Å². The molecule has 0 aromatic carbocycles. The Morgan fingerprint density at radius 2 is 2.23 bits per heavy atom. The predicted octanol–water partition coefficient (Wildman–Crippen LogP) is 3.69. The van der Waals surface area contributed by atoms with Gasteiger partial charge in [-0.15, -0.1) is 16.4 Å². The molecule has 3 rings (SSSR count). The topological polar surface area (TPSA) is 62.5 Å². The number of nitrogens with one attached hydrogen (secondary N) is 1. The number of fused-ring (bicyclic) bond motifs is 1. The van der Waals surface area contributed by atoms with Crippen molar-refractivity contribution in [3.05, 3.63) is 34.3 Å². The van der Waals surface area contributed by atoms with Crippen LogP contribution < -0.4 is 5.32 Å². The molecule has 0 amide bonds. The quantitative estimate of drug-likeness (QED) is 0.746. The Morgan fingerprint density at radius 1 is 1.41 bits per heavy atom. The maximum atomic E-state index is 9.27. The van der Waals surface area contributed by atoms with E-state index >= 15 is 0 Å². The van der Waals surface area contributed by atoms with Crippen LogP contribution in [0.3, 0.4) is 0 Å². The highest BCUT2D eigenvalue weighted by Gasteiger charge is 2.20. The number of hydrogen-bond donors (Lipinski definition) is 2. The average molecular weight is 336 g/mol. The lowest BCUT2D eigenvalue weighted by atomic mass is 9.93. The largest absolute Gasteiger partial charge is 0.396 e. The Morgan fingerprint density at radius 3 is 2.82 bits per heavy atom. The van der Waals surface area contributed by atoms with Crippen molar-refractivity contribution in [2.45, 2.75) is 38.6 Å². The number of anilines is 1. The van der Waals surface area contributed by atoms with Crippen molar-refractivity contribution >= 4 is 32.8 Å². The van der Waals surface area contributed by atoms with E-state index in [-0.39, 0.29) is 18.1 Å². The molecule has 0 spiro atoms. The van der Waals surface area contributed by atoms with E-state index in [0.29, 0.717) is 6.42 Å². The number of rotatable bonds is 5. The van der Waals surface area contributed by atoms with Gasteiger partial charge in [-0.2, -0.15) is 0 Å². The lowest BCUT2D eigenvalue weighted by Gasteiger charge is -2.15. The number of imidazole rings is 1. The summed E-state index contributed by atoms with van der Waals surface area (Å²) in [5.74, 6) is 0. The molecule has 5 nitrogen and oxygen atoms in total. The lowest BCUT2D eigenvalue weighted by molar-refractivity contribution is 0.280. The second-order valence-corrected chi connectivity index (χ2v) is 8.17. The van der Waals surface area contributed by atoms with Crippen LogP contribution in [0.1, 0.15) is 43.8 Å². The number of thiophene rings is 1. The zero-order chi connectivity index (χ0) is 15.7. The lowest BCUT2D eigenvalue weighted by Crippen LogP contribution is -2.12. The van der Waals surface area contributed by atoms with Gasteiger partial charge in [0, 0.05) is 16.9 Å². The molecule has 7 heteroatoms. The fourth-order valence-corrected chi connectivity index (χ4v) is 3.82. The molecule has 0 bridgehead atoms. The highest BCUT2D eigenvalue weighted by Crippen LogP contribution is 2.30. The summed E-state index contributed by atoms with van der Waals surface area (Å²) in [7, 11) is 0. The van der Waals surface area contributed by atoms with E-state index in [2.05, 4.69) is 42.2 Å². The minimum Gasteiger partial charge on any atom is -0.396 e. The standard InChI is InChI=1S/C15H20N4OS2/c1-15(2,3)12-9-19-14(17-12)22-13(18-19)16-10(6-7-20)11-5-4-8-21-11/h4-5,8-10,20H,6-7H2,1-3H3,(H,16,18). The van der Waals surface area contributed by atoms with E-state index in [9.17, 15) is 5.11 Å². The molecule has 0 saturated heterocycles. The van der Waals surface area contributed by atoms with Crippen LogP contribution in [0.2, 0.25) is 0 Å². The molecule has 2 N–H and O–H groups in total. The molecule has 0 aliphatic heterocycles. The Bertz CT molecular complexity index is 708. The molecule has 0 saturated carbocycles. The summed E-state index contributed by atoms with van der Waals surface area (Å²) < 4.78 is 1.83. The van der Waals surface area contributed by atoms with Gasteiger partial charge in [0.2, 0.25) is 10.1 Å². The van der Waals surface area contributed by atoms with Gasteiger partial charge in [0.15, 0.2) is 0 Å². The summed E-state index contributed by atoms with van der Waals surface area (Å²) in [5, 5.41) is 20.1. The number of nitrogens with zero attached hydrogens (tertiary/aromatic N) is 3. The van der Waals surface area contributed by atoms with E-state index in [4.69, 9.17) is 0 Å². The van der Waals surface area contributed by atoms with Crippen LogP contribution in [0.25, 0.3) is 4.96 Å². The maximum absolute atomic E-state index is 9.27. The van der Waals surface area contributed by atoms with Crippen molar-refractivity contribution in [3.8, 4) is 0 Å². The third kappa shape index (κ3) is 3.16. The molecule has 3 aromatic rings. The van der Waals surface area contributed by atoms with Crippen LogP contribution in [-0.4, -0.2) is 26.3 Å². The average Bonchev–Trinajstić information content (AvgIpc) is 3.12. The molecule has 118 valence electrons. The van der Waals surface area contributed by atoms with E-state index in [0.717, 1.165) is 15.8 Å². The van der Waals surface area contributed by atoms with Gasteiger partial charge in [0.1, 0.15) is 0 Å². The minimum atomic E-state index is 0.0252. The summed E-state index contributed by atoms with van der Waals surface area (Å²) in [4.78, 5) is 6.75. The van der Waals surface area contributed by atoms with Gasteiger partial charge in [-0.05, 0) is 17.9 Å². The summed E-state index contributed by atoms with van der Waals surface area (Å²) in [6.45, 7) is 6.58. The van der Waals surface area contributed by atoms with Crippen molar-refractivity contribution in [2.24, 2.45) is 0 Å². The summed E-state index contributed by atoms with van der Waals surface area (Å²) in [5.41, 5.74) is 1.07. The molecule has 1 atom stereocenters. The van der Waals surface area contributed by atoms with Gasteiger partial charge >= 0.3 is 0 Å². The highest BCUT2D eigenvalue weighted by atomic mass is 32.1. The monoisotopic (exact) mass is 336 g/mol. The second kappa shape index (κ2) is 5.98. The Balaban J connectivity index is 1.82. The smallest absolute Gasteiger partial charge is 0.214 e. The molecular formula is C15H20N4OS2. The van der Waals surface area contributed by atoms with Gasteiger partial charge in [-0.3, -0.25) is 0 Å². The molecule has 0 fully saturated rings. The van der Waals surface area contributed by atoms with E-state index < -0.39 is 0 Å². The van der Waals surface area contributed by atoms with Crippen molar-refractivity contribution in [1.29, 1.82) is 0 Å². The first kappa shape index (κ1) is 15.5. The first-order chi connectivity index (χ1) is 10.5. The number of aliphatic hydroxyl groups is 1. The molecule has 1 unspecified atom stereocenters. The summed E-state index contributed by atoms with van der Waals surface area (Å²) in [6, 6.07) is 4.19. The van der Waals surface area contributed by atoms with Crippen LogP contribution in [0.4, 0.5) is 5.13 Å². The van der Waals surface area contributed by atoms with Gasteiger partial charge in [0.05, 0.1) is 17.9 Å². The summed E-state index contributed by atoms with van der Waals surface area (Å²) >= 11 is 3.22. The third-order valence-electron chi connectivity index (χ3n) is 3.41. The zero-order valence-electron chi connectivity index (χ0n) is 12.9. The van der Waals surface area contributed by atoms with Crippen LogP contribution in [-0.2, 0) is 5.41 Å². The van der Waals surface area contributed by atoms with E-state index in [1.54, 1.807) is 11.3 Å². The number of aromatic nitrogens is 3. The van der Waals surface area contributed by atoms with Crippen LogP contribution in [0.15, 0.2) is 23.7 Å². The molecular weight excluding hydrogens is 316 g/mol. The molecule has 3 heterocycles. The normalized spacial score (nSPS) is 13.6. The van der Waals surface area contributed by atoms with E-state index in [1.807, 2.05) is 22.2 Å². The number of hydrogen-bond acceptors (Lipinski definition) is 6. The first-order valence-corrected chi connectivity index (χ1v) is 8.94.